The third-order valence-electron chi connectivity index (χ3n) is 4.48. The summed E-state index contributed by atoms with van der Waals surface area (Å²) in [6, 6.07) is 8.17. The smallest absolute Gasteiger partial charge is 0.234 e. The van der Waals surface area contributed by atoms with Gasteiger partial charge >= 0.3 is 0 Å². The van der Waals surface area contributed by atoms with E-state index in [-0.39, 0.29) is 11.3 Å². The number of hydrogen-bond donors (Lipinski definition) is 2. The van der Waals surface area contributed by atoms with Gasteiger partial charge in [0.1, 0.15) is 0 Å². The molecule has 1 unspecified atom stereocenters. The molecule has 3 N–H and O–H groups in total. The van der Waals surface area contributed by atoms with Crippen molar-refractivity contribution in [3.05, 3.63) is 35.4 Å². The van der Waals surface area contributed by atoms with Crippen LogP contribution in [0.15, 0.2) is 24.3 Å². The lowest BCUT2D eigenvalue weighted by atomic mass is 9.90. The fourth-order valence-corrected chi connectivity index (χ4v) is 2.86. The molecule has 0 aromatic heterocycles. The summed E-state index contributed by atoms with van der Waals surface area (Å²) in [5, 5.41) is 2.99. The number of benzene rings is 1. The molecule has 2 rings (SSSR count). The van der Waals surface area contributed by atoms with Crippen molar-refractivity contribution in [3.8, 4) is 0 Å². The quantitative estimate of drug-likeness (QED) is 0.762. The van der Waals surface area contributed by atoms with E-state index in [1.165, 1.54) is 0 Å². The van der Waals surface area contributed by atoms with Crippen LogP contribution in [0.5, 0.6) is 0 Å². The van der Waals surface area contributed by atoms with Crippen molar-refractivity contribution in [2.24, 2.45) is 11.1 Å². The number of rotatable bonds is 8. The number of nitrogens with zero attached hydrogens (tertiary/aromatic N) is 1. The first-order chi connectivity index (χ1) is 11.0. The third-order valence-corrected chi connectivity index (χ3v) is 4.48. The molecule has 1 heterocycles. The van der Waals surface area contributed by atoms with Crippen LogP contribution in [0, 0.1) is 5.41 Å². The van der Waals surface area contributed by atoms with Crippen molar-refractivity contribution in [1.29, 1.82) is 0 Å². The van der Waals surface area contributed by atoms with Crippen molar-refractivity contribution in [1.82, 2.24) is 10.2 Å². The van der Waals surface area contributed by atoms with Gasteiger partial charge < -0.3 is 15.8 Å². The van der Waals surface area contributed by atoms with E-state index in [4.69, 9.17) is 10.5 Å². The van der Waals surface area contributed by atoms with Crippen molar-refractivity contribution >= 4 is 5.91 Å². The standard InChI is InChI=1S/C18H29N3O2/c1-3-23-12-16-6-4-15(5-7-16)10-20-17(22)11-21-9-8-18(2,13-19)14-21/h4-7H,3,8-14,19H2,1-2H3,(H,20,22). The van der Waals surface area contributed by atoms with Gasteiger partial charge in [-0.15, -0.1) is 0 Å². The van der Waals surface area contributed by atoms with Gasteiger partial charge in [0.05, 0.1) is 13.2 Å². The van der Waals surface area contributed by atoms with E-state index in [1.807, 2.05) is 31.2 Å². The van der Waals surface area contributed by atoms with E-state index >= 15 is 0 Å². The number of nitrogens with two attached hydrogens (primary N) is 1. The van der Waals surface area contributed by atoms with Crippen LogP contribution in [-0.4, -0.2) is 43.6 Å². The Morgan fingerprint density at radius 3 is 2.65 bits per heavy atom. The van der Waals surface area contributed by atoms with Gasteiger partial charge in [-0.25, -0.2) is 0 Å². The van der Waals surface area contributed by atoms with Gasteiger partial charge in [0, 0.05) is 19.7 Å². The summed E-state index contributed by atoms with van der Waals surface area (Å²) in [7, 11) is 0. The Balaban J connectivity index is 1.72. The third kappa shape index (κ3) is 5.61. The molecule has 1 aromatic rings. The van der Waals surface area contributed by atoms with Crippen LogP contribution in [0.4, 0.5) is 0 Å². The topological polar surface area (TPSA) is 67.6 Å². The zero-order valence-corrected chi connectivity index (χ0v) is 14.3. The predicted molar refractivity (Wildman–Crippen MR) is 91.8 cm³/mol. The molecule has 128 valence electrons. The van der Waals surface area contributed by atoms with Gasteiger partial charge in [-0.2, -0.15) is 0 Å². The predicted octanol–water partition coefficient (Wildman–Crippen LogP) is 1.51. The molecule has 1 saturated heterocycles. The van der Waals surface area contributed by atoms with Gasteiger partial charge in [-0.3, -0.25) is 9.69 Å². The fraction of sp³-hybridized carbons (Fsp3) is 0.611. The molecule has 0 aliphatic carbocycles. The average Bonchev–Trinajstić information content (AvgIpc) is 2.93. The van der Waals surface area contributed by atoms with Gasteiger partial charge in [0.25, 0.3) is 0 Å². The van der Waals surface area contributed by atoms with E-state index in [0.717, 1.165) is 37.2 Å². The second kappa shape index (κ2) is 8.43. The van der Waals surface area contributed by atoms with Crippen molar-refractivity contribution in [2.45, 2.75) is 33.4 Å². The van der Waals surface area contributed by atoms with Gasteiger partial charge in [-0.1, -0.05) is 31.2 Å². The Labute approximate surface area is 139 Å². The van der Waals surface area contributed by atoms with Gasteiger partial charge in [-0.05, 0) is 43.0 Å². The number of carbonyl (C=O) groups is 1. The molecule has 1 aliphatic rings. The molecule has 0 radical (unpaired) electrons. The van der Waals surface area contributed by atoms with Crippen molar-refractivity contribution < 1.29 is 9.53 Å². The van der Waals surface area contributed by atoms with E-state index in [1.54, 1.807) is 0 Å². The van der Waals surface area contributed by atoms with Crippen LogP contribution in [0.2, 0.25) is 0 Å². The SMILES string of the molecule is CCOCc1ccc(CNC(=O)CN2CCC(C)(CN)C2)cc1. The second-order valence-electron chi connectivity index (χ2n) is 6.71. The molecule has 0 saturated carbocycles. The summed E-state index contributed by atoms with van der Waals surface area (Å²) in [4.78, 5) is 14.3. The molecular formula is C18H29N3O2. The lowest BCUT2D eigenvalue weighted by Crippen LogP contribution is -2.38. The van der Waals surface area contributed by atoms with Crippen molar-refractivity contribution in [2.75, 3.05) is 32.8 Å². The number of amides is 1. The summed E-state index contributed by atoms with van der Waals surface area (Å²) < 4.78 is 5.37. The lowest BCUT2D eigenvalue weighted by Gasteiger charge is -2.22. The normalized spacial score (nSPS) is 21.5. The van der Waals surface area contributed by atoms with Crippen LogP contribution < -0.4 is 11.1 Å². The Morgan fingerprint density at radius 1 is 1.35 bits per heavy atom. The molecule has 5 heteroatoms. The number of nitrogens with one attached hydrogen (secondary N) is 1. The number of ether oxygens (including phenoxy) is 1. The van der Waals surface area contributed by atoms with E-state index in [9.17, 15) is 4.79 Å². The first-order valence-electron chi connectivity index (χ1n) is 8.39. The highest BCUT2D eigenvalue weighted by atomic mass is 16.5. The van der Waals surface area contributed by atoms with Crippen LogP contribution in [0.1, 0.15) is 31.4 Å². The first-order valence-corrected chi connectivity index (χ1v) is 8.39. The van der Waals surface area contributed by atoms with Crippen LogP contribution >= 0.6 is 0 Å². The number of likely N-dealkylation sites (tertiary alicyclic amines) is 1. The molecule has 0 bridgehead atoms. The molecule has 1 aliphatic heterocycles. The maximum Gasteiger partial charge on any atom is 0.234 e. The Bertz CT molecular complexity index is 503. The summed E-state index contributed by atoms with van der Waals surface area (Å²) in [5.74, 6) is 0.0738. The zero-order chi connectivity index (χ0) is 16.7. The molecule has 1 fully saturated rings. The largest absolute Gasteiger partial charge is 0.377 e. The fourth-order valence-electron chi connectivity index (χ4n) is 2.86. The minimum atomic E-state index is 0.0738. The summed E-state index contributed by atoms with van der Waals surface area (Å²) >= 11 is 0. The maximum absolute atomic E-state index is 12.1. The average molecular weight is 319 g/mol. The Kier molecular flexibility index (Phi) is 6.57. The first kappa shape index (κ1) is 17.9. The van der Waals surface area contributed by atoms with Crippen LogP contribution in [-0.2, 0) is 22.7 Å². The Morgan fingerprint density at radius 2 is 2.04 bits per heavy atom. The lowest BCUT2D eigenvalue weighted by molar-refractivity contribution is -0.122. The molecular weight excluding hydrogens is 290 g/mol. The maximum atomic E-state index is 12.1. The summed E-state index contributed by atoms with van der Waals surface area (Å²) in [5.41, 5.74) is 8.22. The van der Waals surface area contributed by atoms with Gasteiger partial charge in [0.15, 0.2) is 0 Å². The monoisotopic (exact) mass is 319 g/mol. The molecule has 1 aromatic carbocycles. The van der Waals surface area contributed by atoms with Crippen LogP contribution in [0.3, 0.4) is 0 Å². The summed E-state index contributed by atoms with van der Waals surface area (Å²) in [6.45, 7) is 9.09. The van der Waals surface area contributed by atoms with E-state index < -0.39 is 0 Å². The van der Waals surface area contributed by atoms with E-state index in [0.29, 0.717) is 26.2 Å². The summed E-state index contributed by atoms with van der Waals surface area (Å²) in [6.07, 6.45) is 1.07. The Hall–Kier alpha value is -1.43. The highest BCUT2D eigenvalue weighted by Gasteiger charge is 2.32. The van der Waals surface area contributed by atoms with Crippen molar-refractivity contribution in [3.63, 3.8) is 0 Å². The van der Waals surface area contributed by atoms with Crippen LogP contribution in [0.25, 0.3) is 0 Å². The molecule has 23 heavy (non-hydrogen) atoms. The minimum Gasteiger partial charge on any atom is -0.377 e. The molecule has 1 atom stereocenters. The number of hydrogen-bond acceptors (Lipinski definition) is 4. The second-order valence-corrected chi connectivity index (χ2v) is 6.71. The highest BCUT2D eigenvalue weighted by molar-refractivity contribution is 5.78. The highest BCUT2D eigenvalue weighted by Crippen LogP contribution is 2.27. The van der Waals surface area contributed by atoms with Gasteiger partial charge in [0.2, 0.25) is 5.91 Å². The minimum absolute atomic E-state index is 0.0738. The zero-order valence-electron chi connectivity index (χ0n) is 14.3. The molecule has 5 nitrogen and oxygen atoms in total. The number of carbonyl (C=O) groups excluding carboxylic acids is 1. The van der Waals surface area contributed by atoms with E-state index in [2.05, 4.69) is 17.1 Å². The molecule has 0 spiro atoms. The molecule has 1 amide bonds.